The van der Waals surface area contributed by atoms with Crippen molar-refractivity contribution in [3.63, 3.8) is 0 Å². The van der Waals surface area contributed by atoms with Crippen LogP contribution in [0.2, 0.25) is 0 Å². The second-order valence-corrected chi connectivity index (χ2v) is 6.85. The highest BCUT2D eigenvalue weighted by molar-refractivity contribution is 5.94. The molecule has 1 fully saturated rings. The van der Waals surface area contributed by atoms with Gasteiger partial charge in [-0.2, -0.15) is 0 Å². The third-order valence-electron chi connectivity index (χ3n) is 5.02. The number of carbonyl (C=O) groups is 1. The topological polar surface area (TPSA) is 58.4 Å². The van der Waals surface area contributed by atoms with Gasteiger partial charge < -0.3 is 14.6 Å². The van der Waals surface area contributed by atoms with E-state index in [1.165, 1.54) is 0 Å². The van der Waals surface area contributed by atoms with Crippen LogP contribution in [0.3, 0.4) is 0 Å². The summed E-state index contributed by atoms with van der Waals surface area (Å²) in [5.74, 6) is -0.738. The highest BCUT2D eigenvalue weighted by atomic mass is 19.1. The van der Waals surface area contributed by atoms with E-state index in [1.807, 2.05) is 18.4 Å². The van der Waals surface area contributed by atoms with Gasteiger partial charge in [-0.1, -0.05) is 0 Å². The lowest BCUT2D eigenvalue weighted by Crippen LogP contribution is -2.39. The lowest BCUT2D eigenvalue weighted by molar-refractivity contribution is 0.0704. The zero-order chi connectivity index (χ0) is 18.8. The molecular formula is C19H23F2N3O2. The summed E-state index contributed by atoms with van der Waals surface area (Å²) in [6, 6.07) is 2.87. The molecule has 7 heteroatoms. The SMILES string of the molecule is Cc1cnc(C2CCN(C(=O)c3cc(F)ccc3F)CC2)n1C(C)CO. The van der Waals surface area contributed by atoms with Crippen LogP contribution in [0.25, 0.3) is 0 Å². The van der Waals surface area contributed by atoms with Gasteiger partial charge in [0.25, 0.3) is 5.91 Å². The maximum absolute atomic E-state index is 13.8. The molecule has 1 aliphatic rings. The number of amides is 1. The summed E-state index contributed by atoms with van der Waals surface area (Å²) < 4.78 is 29.2. The van der Waals surface area contributed by atoms with Crippen molar-refractivity contribution < 1.29 is 18.7 Å². The number of hydrogen-bond acceptors (Lipinski definition) is 3. The van der Waals surface area contributed by atoms with Crippen LogP contribution in [0.1, 0.15) is 53.6 Å². The molecule has 1 atom stereocenters. The van der Waals surface area contributed by atoms with E-state index in [-0.39, 0.29) is 24.1 Å². The first kappa shape index (κ1) is 18.5. The largest absolute Gasteiger partial charge is 0.394 e. The predicted molar refractivity (Wildman–Crippen MR) is 93.0 cm³/mol. The van der Waals surface area contributed by atoms with Crippen LogP contribution in [0.15, 0.2) is 24.4 Å². The van der Waals surface area contributed by atoms with Gasteiger partial charge in [0.1, 0.15) is 17.5 Å². The number of piperidine rings is 1. The van der Waals surface area contributed by atoms with E-state index in [0.717, 1.165) is 29.7 Å². The molecule has 1 unspecified atom stereocenters. The van der Waals surface area contributed by atoms with E-state index in [2.05, 4.69) is 4.98 Å². The lowest BCUT2D eigenvalue weighted by Gasteiger charge is -2.32. The molecule has 1 saturated heterocycles. The Kier molecular flexibility index (Phi) is 5.36. The number of aryl methyl sites for hydroxylation is 1. The van der Waals surface area contributed by atoms with Gasteiger partial charge in [-0.05, 0) is 44.9 Å². The number of imidazole rings is 1. The van der Waals surface area contributed by atoms with Crippen LogP contribution in [0.5, 0.6) is 0 Å². The number of carbonyl (C=O) groups excluding carboxylic acids is 1. The number of likely N-dealkylation sites (tertiary alicyclic amines) is 1. The van der Waals surface area contributed by atoms with Crippen LogP contribution < -0.4 is 0 Å². The summed E-state index contributed by atoms with van der Waals surface area (Å²) in [5, 5.41) is 9.48. The number of nitrogens with zero attached hydrogens (tertiary/aromatic N) is 3. The number of halogens is 2. The Hall–Kier alpha value is -2.28. The lowest BCUT2D eigenvalue weighted by atomic mass is 9.95. The molecule has 0 bridgehead atoms. The molecule has 1 aliphatic heterocycles. The van der Waals surface area contributed by atoms with Gasteiger partial charge in [-0.25, -0.2) is 13.8 Å². The quantitative estimate of drug-likeness (QED) is 0.908. The second-order valence-electron chi connectivity index (χ2n) is 6.85. The highest BCUT2D eigenvalue weighted by Crippen LogP contribution is 2.30. The molecule has 1 amide bonds. The van der Waals surface area contributed by atoms with E-state index >= 15 is 0 Å². The highest BCUT2D eigenvalue weighted by Gasteiger charge is 2.29. The number of rotatable bonds is 4. The predicted octanol–water partition coefficient (Wildman–Crippen LogP) is 3.04. The number of hydrogen-bond donors (Lipinski definition) is 1. The molecule has 0 spiro atoms. The Balaban J connectivity index is 1.72. The minimum Gasteiger partial charge on any atom is -0.394 e. The van der Waals surface area contributed by atoms with Crippen LogP contribution >= 0.6 is 0 Å². The van der Waals surface area contributed by atoms with E-state index in [4.69, 9.17) is 0 Å². The van der Waals surface area contributed by atoms with Gasteiger partial charge in [0, 0.05) is 30.9 Å². The van der Waals surface area contributed by atoms with Gasteiger partial charge in [0.05, 0.1) is 18.2 Å². The van der Waals surface area contributed by atoms with Gasteiger partial charge in [0.2, 0.25) is 0 Å². The molecule has 1 aromatic heterocycles. The van der Waals surface area contributed by atoms with Crippen molar-refractivity contribution in [1.29, 1.82) is 0 Å². The number of benzene rings is 1. The van der Waals surface area contributed by atoms with Crippen molar-refractivity contribution in [3.8, 4) is 0 Å². The fraction of sp³-hybridized carbons (Fsp3) is 0.474. The van der Waals surface area contributed by atoms with Crippen LogP contribution in [-0.4, -0.2) is 45.2 Å². The molecule has 26 heavy (non-hydrogen) atoms. The molecule has 1 N–H and O–H groups in total. The third-order valence-corrected chi connectivity index (χ3v) is 5.02. The molecule has 5 nitrogen and oxygen atoms in total. The summed E-state index contributed by atoms with van der Waals surface area (Å²) >= 11 is 0. The van der Waals surface area contributed by atoms with Crippen LogP contribution in [0.4, 0.5) is 8.78 Å². The van der Waals surface area contributed by atoms with E-state index < -0.39 is 17.5 Å². The fourth-order valence-corrected chi connectivity index (χ4v) is 3.59. The van der Waals surface area contributed by atoms with Gasteiger partial charge in [0.15, 0.2) is 0 Å². The van der Waals surface area contributed by atoms with Gasteiger partial charge in [-0.15, -0.1) is 0 Å². The molecule has 3 rings (SSSR count). The standard InChI is InChI=1S/C19H23F2N3O2/c1-12-10-22-18(24(12)13(2)11-25)14-5-7-23(8-6-14)19(26)16-9-15(20)3-4-17(16)21/h3-4,9-10,13-14,25H,5-8,11H2,1-2H3. The Bertz CT molecular complexity index is 798. The van der Waals surface area contributed by atoms with E-state index in [9.17, 15) is 18.7 Å². The summed E-state index contributed by atoms with van der Waals surface area (Å²) in [7, 11) is 0. The average molecular weight is 363 g/mol. The summed E-state index contributed by atoms with van der Waals surface area (Å²) in [4.78, 5) is 18.6. The van der Waals surface area contributed by atoms with Crippen molar-refractivity contribution in [1.82, 2.24) is 14.5 Å². The Morgan fingerprint density at radius 3 is 2.69 bits per heavy atom. The number of aliphatic hydroxyl groups is 1. The van der Waals surface area contributed by atoms with E-state index in [0.29, 0.717) is 25.9 Å². The van der Waals surface area contributed by atoms with Crippen molar-refractivity contribution in [2.75, 3.05) is 19.7 Å². The number of aromatic nitrogens is 2. The summed E-state index contributed by atoms with van der Waals surface area (Å²) in [6.07, 6.45) is 3.18. The fourth-order valence-electron chi connectivity index (χ4n) is 3.59. The first-order chi connectivity index (χ1) is 12.4. The maximum Gasteiger partial charge on any atom is 0.256 e. The molecule has 2 aromatic rings. The van der Waals surface area contributed by atoms with Gasteiger partial charge in [-0.3, -0.25) is 4.79 Å². The zero-order valence-electron chi connectivity index (χ0n) is 15.0. The Morgan fingerprint density at radius 2 is 2.04 bits per heavy atom. The Labute approximate surface area is 151 Å². The second kappa shape index (κ2) is 7.53. The third kappa shape index (κ3) is 3.49. The molecule has 140 valence electrons. The molecule has 0 radical (unpaired) electrons. The van der Waals surface area contributed by atoms with Crippen LogP contribution in [-0.2, 0) is 0 Å². The first-order valence-electron chi connectivity index (χ1n) is 8.81. The zero-order valence-corrected chi connectivity index (χ0v) is 15.0. The molecule has 0 aliphatic carbocycles. The van der Waals surface area contributed by atoms with E-state index in [1.54, 1.807) is 11.1 Å². The van der Waals surface area contributed by atoms with Crippen molar-refractivity contribution in [3.05, 3.63) is 53.1 Å². The molecule has 0 saturated carbocycles. The summed E-state index contributed by atoms with van der Waals surface area (Å²) in [5.41, 5.74) is 0.761. The minimum atomic E-state index is -0.707. The normalized spacial score (nSPS) is 16.7. The van der Waals surface area contributed by atoms with Crippen LogP contribution in [0, 0.1) is 18.6 Å². The molecule has 2 heterocycles. The smallest absolute Gasteiger partial charge is 0.256 e. The Morgan fingerprint density at radius 1 is 1.35 bits per heavy atom. The van der Waals surface area contributed by atoms with Crippen molar-refractivity contribution in [2.45, 2.75) is 38.6 Å². The number of aliphatic hydroxyl groups excluding tert-OH is 1. The molecule has 1 aromatic carbocycles. The van der Waals surface area contributed by atoms with Gasteiger partial charge >= 0.3 is 0 Å². The molecular weight excluding hydrogens is 340 g/mol. The summed E-state index contributed by atoms with van der Waals surface area (Å²) in [6.45, 7) is 4.83. The van der Waals surface area contributed by atoms with Crippen molar-refractivity contribution >= 4 is 5.91 Å². The first-order valence-corrected chi connectivity index (χ1v) is 8.81. The average Bonchev–Trinajstić information content (AvgIpc) is 3.04. The monoisotopic (exact) mass is 363 g/mol. The van der Waals surface area contributed by atoms with Crippen molar-refractivity contribution in [2.24, 2.45) is 0 Å². The minimum absolute atomic E-state index is 0.0282. The maximum atomic E-state index is 13.8.